The zero-order chi connectivity index (χ0) is 23.9. The van der Waals surface area contributed by atoms with E-state index in [1.807, 2.05) is 91.9 Å². The molecule has 0 amide bonds. The fraction of sp³-hybridized carbons (Fsp3) is 0.0714. The number of aromatic hydroxyl groups is 1. The number of aromatic nitrogens is 3. The predicted octanol–water partition coefficient (Wildman–Crippen LogP) is 7.50. The van der Waals surface area contributed by atoms with E-state index in [9.17, 15) is 5.11 Å². The molecule has 172 valence electrons. The fourth-order valence-corrected chi connectivity index (χ4v) is 5.79. The first-order valence-corrected chi connectivity index (χ1v) is 12.4. The monoisotopic (exact) mass is 496 g/mol. The highest BCUT2D eigenvalue weighted by Gasteiger charge is 2.29. The number of benzene rings is 4. The topological polar surface area (TPSA) is 63.0 Å². The summed E-state index contributed by atoms with van der Waals surface area (Å²) in [5.74, 6) is 0.185. The summed E-state index contributed by atoms with van der Waals surface area (Å²) in [6, 6.07) is 29.0. The number of anilines is 1. The van der Waals surface area contributed by atoms with E-state index in [1.165, 1.54) is 0 Å². The SMILES string of the molecule is Cc1nn(-c2ccccc2)c(Cl)c1C(Nc1nc2ccccc2s1)c1c(O)ccc2ccccc12. The van der Waals surface area contributed by atoms with Crippen molar-refractivity contribution >= 4 is 49.1 Å². The van der Waals surface area contributed by atoms with Gasteiger partial charge < -0.3 is 10.4 Å². The van der Waals surface area contributed by atoms with Crippen LogP contribution >= 0.6 is 22.9 Å². The quantitative estimate of drug-likeness (QED) is 0.259. The molecule has 0 saturated carbocycles. The van der Waals surface area contributed by atoms with Crippen LogP contribution in [0.5, 0.6) is 5.75 Å². The number of nitrogens with one attached hydrogen (secondary N) is 1. The van der Waals surface area contributed by atoms with Gasteiger partial charge in [-0.15, -0.1) is 0 Å². The van der Waals surface area contributed by atoms with Gasteiger partial charge in [-0.2, -0.15) is 5.10 Å². The molecule has 0 radical (unpaired) electrons. The number of halogens is 1. The third-order valence-electron chi connectivity index (χ3n) is 6.14. The molecule has 0 aliphatic rings. The predicted molar refractivity (Wildman–Crippen MR) is 144 cm³/mol. The molecule has 7 heteroatoms. The first-order chi connectivity index (χ1) is 17.1. The Bertz CT molecular complexity index is 1640. The van der Waals surface area contributed by atoms with E-state index in [1.54, 1.807) is 22.1 Å². The minimum Gasteiger partial charge on any atom is -0.508 e. The normalized spacial score (nSPS) is 12.3. The fourth-order valence-electron chi connectivity index (χ4n) is 4.51. The van der Waals surface area contributed by atoms with E-state index >= 15 is 0 Å². The highest BCUT2D eigenvalue weighted by molar-refractivity contribution is 7.22. The molecule has 2 heterocycles. The smallest absolute Gasteiger partial charge is 0.184 e. The van der Waals surface area contributed by atoms with Gasteiger partial charge in [0.25, 0.3) is 0 Å². The van der Waals surface area contributed by atoms with Gasteiger partial charge in [-0.1, -0.05) is 83.6 Å². The Kier molecular flexibility index (Phi) is 5.40. The summed E-state index contributed by atoms with van der Waals surface area (Å²) in [6.07, 6.45) is 0. The van der Waals surface area contributed by atoms with Gasteiger partial charge >= 0.3 is 0 Å². The Morgan fingerprint density at radius 3 is 2.46 bits per heavy atom. The molecule has 4 aromatic carbocycles. The highest BCUT2D eigenvalue weighted by atomic mass is 35.5. The Labute approximate surface area is 211 Å². The summed E-state index contributed by atoms with van der Waals surface area (Å²) in [7, 11) is 0. The zero-order valence-corrected chi connectivity index (χ0v) is 20.4. The molecule has 6 rings (SSSR count). The maximum absolute atomic E-state index is 11.1. The molecular formula is C28H21ClN4OS. The second-order valence-electron chi connectivity index (χ2n) is 8.32. The minimum atomic E-state index is -0.480. The number of aryl methyl sites for hydroxylation is 1. The Hall–Kier alpha value is -3.87. The van der Waals surface area contributed by atoms with Gasteiger partial charge in [0.05, 0.1) is 27.6 Å². The van der Waals surface area contributed by atoms with Gasteiger partial charge in [-0.05, 0) is 48.0 Å². The Morgan fingerprint density at radius 1 is 0.886 bits per heavy atom. The zero-order valence-electron chi connectivity index (χ0n) is 18.8. The lowest BCUT2D eigenvalue weighted by Crippen LogP contribution is -2.14. The van der Waals surface area contributed by atoms with Crippen molar-refractivity contribution in [2.24, 2.45) is 0 Å². The first-order valence-electron chi connectivity index (χ1n) is 11.2. The van der Waals surface area contributed by atoms with Crippen molar-refractivity contribution in [3.63, 3.8) is 0 Å². The average Bonchev–Trinajstić information content (AvgIpc) is 3.42. The molecule has 0 bridgehead atoms. The lowest BCUT2D eigenvalue weighted by Gasteiger charge is -2.22. The van der Waals surface area contributed by atoms with Crippen LogP contribution < -0.4 is 5.32 Å². The number of hydrogen-bond donors (Lipinski definition) is 2. The number of nitrogens with zero attached hydrogens (tertiary/aromatic N) is 3. The Balaban J connectivity index is 1.58. The van der Waals surface area contributed by atoms with Crippen LogP contribution in [0, 0.1) is 6.92 Å². The standard InChI is InChI=1S/C28H21ClN4OS/c1-17-24(27(29)33(32-17)19-10-3-2-4-11-19)26(31-28-30-21-13-7-8-14-23(21)35-28)25-20-12-6-5-9-18(20)15-16-22(25)34/h2-16,26,34H,1H3,(H,30,31). The molecule has 5 nitrogen and oxygen atoms in total. The highest BCUT2D eigenvalue weighted by Crippen LogP contribution is 2.42. The third kappa shape index (κ3) is 3.81. The third-order valence-corrected chi connectivity index (χ3v) is 7.47. The lowest BCUT2D eigenvalue weighted by molar-refractivity contribution is 0.468. The average molecular weight is 497 g/mol. The first kappa shape index (κ1) is 21.6. The van der Waals surface area contributed by atoms with Crippen LogP contribution in [0.1, 0.15) is 22.9 Å². The largest absolute Gasteiger partial charge is 0.508 e. The molecule has 35 heavy (non-hydrogen) atoms. The summed E-state index contributed by atoms with van der Waals surface area (Å²) < 4.78 is 2.82. The summed E-state index contributed by atoms with van der Waals surface area (Å²) in [4.78, 5) is 4.79. The van der Waals surface area contributed by atoms with Gasteiger partial charge in [-0.3, -0.25) is 0 Å². The van der Waals surface area contributed by atoms with Crippen LogP contribution in [-0.2, 0) is 0 Å². The van der Waals surface area contributed by atoms with Crippen LogP contribution in [0.2, 0.25) is 5.15 Å². The van der Waals surface area contributed by atoms with Crippen molar-refractivity contribution in [1.29, 1.82) is 0 Å². The van der Waals surface area contributed by atoms with Crippen molar-refractivity contribution in [2.75, 3.05) is 5.32 Å². The number of fused-ring (bicyclic) bond motifs is 2. The van der Waals surface area contributed by atoms with Crippen molar-refractivity contribution < 1.29 is 5.11 Å². The molecule has 6 aromatic rings. The second kappa shape index (κ2) is 8.73. The number of phenolic OH excluding ortho intramolecular Hbond substituents is 1. The lowest BCUT2D eigenvalue weighted by atomic mass is 9.93. The summed E-state index contributed by atoms with van der Waals surface area (Å²) >= 11 is 8.59. The maximum atomic E-state index is 11.1. The number of thiazole rings is 1. The molecular weight excluding hydrogens is 476 g/mol. The van der Waals surface area contributed by atoms with E-state index in [0.29, 0.717) is 5.15 Å². The number of rotatable bonds is 5. The van der Waals surface area contributed by atoms with Gasteiger partial charge in [0.1, 0.15) is 10.9 Å². The van der Waals surface area contributed by atoms with Crippen LogP contribution in [0.4, 0.5) is 5.13 Å². The molecule has 0 aliphatic carbocycles. The van der Waals surface area contributed by atoms with Crippen LogP contribution in [0.25, 0.3) is 26.7 Å². The summed E-state index contributed by atoms with van der Waals surface area (Å²) in [5, 5.41) is 22.7. The van der Waals surface area contributed by atoms with Crippen LogP contribution in [-0.4, -0.2) is 19.9 Å². The summed E-state index contributed by atoms with van der Waals surface area (Å²) in [6.45, 7) is 1.94. The molecule has 0 spiro atoms. The molecule has 1 atom stereocenters. The van der Waals surface area contributed by atoms with E-state index in [2.05, 4.69) is 5.32 Å². The number of hydrogen-bond acceptors (Lipinski definition) is 5. The van der Waals surface area contributed by atoms with E-state index in [-0.39, 0.29) is 5.75 Å². The van der Waals surface area contributed by atoms with Crippen LogP contribution in [0.15, 0.2) is 91.0 Å². The number of phenols is 1. The molecule has 2 aromatic heterocycles. The van der Waals surface area contributed by atoms with Crippen molar-refractivity contribution in [3.8, 4) is 11.4 Å². The molecule has 0 fully saturated rings. The van der Waals surface area contributed by atoms with Crippen molar-refractivity contribution in [3.05, 3.63) is 113 Å². The van der Waals surface area contributed by atoms with Crippen molar-refractivity contribution in [1.82, 2.24) is 14.8 Å². The van der Waals surface area contributed by atoms with Crippen molar-refractivity contribution in [2.45, 2.75) is 13.0 Å². The van der Waals surface area contributed by atoms with Gasteiger partial charge in [0.15, 0.2) is 5.13 Å². The second-order valence-corrected chi connectivity index (χ2v) is 9.71. The molecule has 0 saturated heterocycles. The van der Waals surface area contributed by atoms with Gasteiger partial charge in [0, 0.05) is 11.1 Å². The molecule has 2 N–H and O–H groups in total. The van der Waals surface area contributed by atoms with Gasteiger partial charge in [0.2, 0.25) is 0 Å². The van der Waals surface area contributed by atoms with Crippen LogP contribution in [0.3, 0.4) is 0 Å². The Morgan fingerprint density at radius 2 is 1.63 bits per heavy atom. The van der Waals surface area contributed by atoms with E-state index < -0.39 is 6.04 Å². The minimum absolute atomic E-state index is 0.185. The number of para-hydroxylation sites is 2. The summed E-state index contributed by atoms with van der Waals surface area (Å²) in [5.41, 5.74) is 4.09. The molecule has 1 unspecified atom stereocenters. The van der Waals surface area contributed by atoms with E-state index in [4.69, 9.17) is 21.7 Å². The van der Waals surface area contributed by atoms with E-state index in [0.717, 1.165) is 48.6 Å². The maximum Gasteiger partial charge on any atom is 0.184 e. The van der Waals surface area contributed by atoms with Gasteiger partial charge in [-0.25, -0.2) is 9.67 Å². The molecule has 0 aliphatic heterocycles.